The SMILES string of the molecule is CCOC1CC(NC(=O)c2cscc2C)(C(=O)O)C1(C)C. The number of nitrogens with one attached hydrogen (secondary N) is 1. The van der Waals surface area contributed by atoms with Crippen molar-refractivity contribution in [2.45, 2.75) is 45.8 Å². The van der Waals surface area contributed by atoms with Crippen molar-refractivity contribution in [3.63, 3.8) is 0 Å². The number of carboxylic acids is 1. The van der Waals surface area contributed by atoms with E-state index in [1.165, 1.54) is 11.3 Å². The predicted molar refractivity (Wildman–Crippen MR) is 80.7 cm³/mol. The predicted octanol–water partition coefficient (Wildman–Crippen LogP) is 2.44. The Morgan fingerprint density at radius 2 is 2.14 bits per heavy atom. The molecule has 21 heavy (non-hydrogen) atoms. The molecule has 1 amide bonds. The normalized spacial score (nSPS) is 27.0. The highest BCUT2D eigenvalue weighted by atomic mass is 32.1. The molecule has 2 atom stereocenters. The molecule has 0 aliphatic heterocycles. The summed E-state index contributed by atoms with van der Waals surface area (Å²) >= 11 is 1.43. The van der Waals surface area contributed by atoms with Gasteiger partial charge in [0.1, 0.15) is 5.54 Å². The number of aliphatic carboxylic acids is 1. The van der Waals surface area contributed by atoms with Gasteiger partial charge in [-0.1, -0.05) is 13.8 Å². The molecule has 1 aliphatic rings. The number of thiophene rings is 1. The van der Waals surface area contributed by atoms with Gasteiger partial charge in [0.25, 0.3) is 5.91 Å². The van der Waals surface area contributed by atoms with Crippen molar-refractivity contribution < 1.29 is 19.4 Å². The Balaban J connectivity index is 2.24. The van der Waals surface area contributed by atoms with Gasteiger partial charge in [0.05, 0.1) is 11.7 Å². The van der Waals surface area contributed by atoms with Gasteiger partial charge in [0.2, 0.25) is 0 Å². The highest BCUT2D eigenvalue weighted by Gasteiger charge is 2.66. The van der Waals surface area contributed by atoms with E-state index in [0.29, 0.717) is 12.2 Å². The summed E-state index contributed by atoms with van der Waals surface area (Å²) in [6.45, 7) is 7.90. The molecule has 2 unspecified atom stereocenters. The van der Waals surface area contributed by atoms with Gasteiger partial charge in [-0.15, -0.1) is 0 Å². The van der Waals surface area contributed by atoms with Gasteiger partial charge in [0.15, 0.2) is 0 Å². The van der Waals surface area contributed by atoms with E-state index in [2.05, 4.69) is 5.32 Å². The van der Waals surface area contributed by atoms with E-state index in [-0.39, 0.29) is 18.4 Å². The molecule has 5 nitrogen and oxygen atoms in total. The summed E-state index contributed by atoms with van der Waals surface area (Å²) in [7, 11) is 0. The van der Waals surface area contributed by atoms with E-state index in [1.54, 1.807) is 5.38 Å². The fourth-order valence-corrected chi connectivity index (χ4v) is 3.72. The number of aryl methyl sites for hydroxylation is 1. The standard InChI is InChI=1S/C15H21NO4S/c1-5-20-11-6-15(13(18)19,14(11,3)4)16-12(17)10-8-21-7-9(10)2/h7-8,11H,5-6H2,1-4H3,(H,16,17)(H,18,19). The van der Waals surface area contributed by atoms with E-state index in [1.807, 2.05) is 33.1 Å². The first-order valence-electron chi connectivity index (χ1n) is 6.96. The maximum Gasteiger partial charge on any atom is 0.330 e. The minimum atomic E-state index is -1.28. The van der Waals surface area contributed by atoms with Crippen LogP contribution in [-0.2, 0) is 9.53 Å². The first-order valence-corrected chi connectivity index (χ1v) is 7.91. The zero-order valence-corrected chi connectivity index (χ0v) is 13.5. The van der Waals surface area contributed by atoms with Crippen molar-refractivity contribution in [1.82, 2.24) is 5.32 Å². The summed E-state index contributed by atoms with van der Waals surface area (Å²) in [5.74, 6) is -1.34. The largest absolute Gasteiger partial charge is 0.479 e. The highest BCUT2D eigenvalue weighted by Crippen LogP contribution is 2.51. The summed E-state index contributed by atoms with van der Waals surface area (Å²) in [4.78, 5) is 24.2. The molecule has 0 radical (unpaired) electrons. The maximum absolute atomic E-state index is 12.4. The topological polar surface area (TPSA) is 75.6 Å². The lowest BCUT2D eigenvalue weighted by molar-refractivity contribution is -0.190. The van der Waals surface area contributed by atoms with Crippen LogP contribution in [0.5, 0.6) is 0 Å². The molecule has 1 fully saturated rings. The van der Waals surface area contributed by atoms with Crippen molar-refractivity contribution >= 4 is 23.2 Å². The Hall–Kier alpha value is -1.40. The Bertz CT molecular complexity index is 566. The van der Waals surface area contributed by atoms with Gasteiger partial charge in [-0.3, -0.25) is 4.79 Å². The second kappa shape index (κ2) is 5.42. The Morgan fingerprint density at radius 3 is 2.57 bits per heavy atom. The van der Waals surface area contributed by atoms with Crippen LogP contribution < -0.4 is 5.32 Å². The van der Waals surface area contributed by atoms with E-state index < -0.39 is 16.9 Å². The molecular formula is C15H21NO4S. The molecule has 0 spiro atoms. The van der Waals surface area contributed by atoms with Crippen LogP contribution in [0, 0.1) is 12.3 Å². The summed E-state index contributed by atoms with van der Waals surface area (Å²) < 4.78 is 5.58. The molecule has 1 aliphatic carbocycles. The van der Waals surface area contributed by atoms with Gasteiger partial charge >= 0.3 is 5.97 Å². The quantitative estimate of drug-likeness (QED) is 0.876. The molecule has 1 aromatic rings. The first kappa shape index (κ1) is 16.0. The van der Waals surface area contributed by atoms with E-state index in [0.717, 1.165) is 5.56 Å². The van der Waals surface area contributed by atoms with Gasteiger partial charge in [-0.2, -0.15) is 11.3 Å². The molecule has 0 saturated heterocycles. The average Bonchev–Trinajstić information content (AvgIpc) is 2.83. The molecule has 0 bridgehead atoms. The monoisotopic (exact) mass is 311 g/mol. The van der Waals surface area contributed by atoms with Gasteiger partial charge in [0, 0.05) is 23.8 Å². The number of carboxylic acid groups (broad SMARTS) is 1. The second-order valence-corrected chi connectivity index (χ2v) is 6.75. The summed E-state index contributed by atoms with van der Waals surface area (Å²) in [6, 6.07) is 0. The molecule has 1 aromatic heterocycles. The van der Waals surface area contributed by atoms with Crippen LogP contribution in [0.3, 0.4) is 0 Å². The minimum absolute atomic E-state index is 0.164. The highest BCUT2D eigenvalue weighted by molar-refractivity contribution is 7.08. The lowest BCUT2D eigenvalue weighted by atomic mass is 9.54. The molecule has 0 aromatic carbocycles. The number of ether oxygens (including phenoxy) is 1. The first-order chi connectivity index (χ1) is 9.76. The van der Waals surface area contributed by atoms with Crippen molar-refractivity contribution in [2.75, 3.05) is 6.61 Å². The fraction of sp³-hybridized carbons (Fsp3) is 0.600. The number of hydrogen-bond donors (Lipinski definition) is 2. The smallest absolute Gasteiger partial charge is 0.330 e. The van der Waals surface area contributed by atoms with Gasteiger partial charge in [-0.05, 0) is 24.8 Å². The van der Waals surface area contributed by atoms with Crippen LogP contribution in [0.1, 0.15) is 43.1 Å². The lowest BCUT2D eigenvalue weighted by Gasteiger charge is -2.58. The number of hydrogen-bond acceptors (Lipinski definition) is 4. The van der Waals surface area contributed by atoms with Crippen molar-refractivity contribution in [1.29, 1.82) is 0 Å². The van der Waals surface area contributed by atoms with Crippen LogP contribution in [0.15, 0.2) is 10.8 Å². The number of amides is 1. The third-order valence-electron chi connectivity index (χ3n) is 4.56. The molecular weight excluding hydrogens is 290 g/mol. The number of carbonyl (C=O) groups excluding carboxylic acids is 1. The van der Waals surface area contributed by atoms with Crippen LogP contribution in [0.4, 0.5) is 0 Å². The Kier molecular flexibility index (Phi) is 4.13. The second-order valence-electron chi connectivity index (χ2n) is 6.00. The molecule has 2 rings (SSSR count). The minimum Gasteiger partial charge on any atom is -0.479 e. The molecule has 2 N–H and O–H groups in total. The van der Waals surface area contributed by atoms with Crippen molar-refractivity contribution in [2.24, 2.45) is 5.41 Å². The zero-order chi connectivity index (χ0) is 15.8. The molecule has 116 valence electrons. The average molecular weight is 311 g/mol. The third-order valence-corrected chi connectivity index (χ3v) is 5.42. The van der Waals surface area contributed by atoms with Gasteiger partial charge < -0.3 is 15.2 Å². The zero-order valence-electron chi connectivity index (χ0n) is 12.7. The lowest BCUT2D eigenvalue weighted by Crippen LogP contribution is -2.76. The summed E-state index contributed by atoms with van der Waals surface area (Å²) in [6.07, 6.45) is 0.125. The summed E-state index contributed by atoms with van der Waals surface area (Å²) in [5, 5.41) is 16.0. The van der Waals surface area contributed by atoms with Crippen molar-refractivity contribution in [3.8, 4) is 0 Å². The third kappa shape index (κ3) is 2.36. The number of carbonyl (C=O) groups is 2. The number of rotatable bonds is 5. The van der Waals surface area contributed by atoms with Gasteiger partial charge in [-0.25, -0.2) is 4.79 Å². The van der Waals surface area contributed by atoms with Crippen LogP contribution in [-0.4, -0.2) is 35.2 Å². The summed E-state index contributed by atoms with van der Waals surface area (Å²) in [5.41, 5.74) is -0.542. The maximum atomic E-state index is 12.4. The van der Waals surface area contributed by atoms with E-state index in [9.17, 15) is 14.7 Å². The Morgan fingerprint density at radius 1 is 1.48 bits per heavy atom. The Labute approximate surface area is 128 Å². The molecule has 1 heterocycles. The van der Waals surface area contributed by atoms with E-state index >= 15 is 0 Å². The van der Waals surface area contributed by atoms with Crippen molar-refractivity contribution in [3.05, 3.63) is 21.9 Å². The van der Waals surface area contributed by atoms with Crippen LogP contribution >= 0.6 is 11.3 Å². The van der Waals surface area contributed by atoms with E-state index in [4.69, 9.17) is 4.74 Å². The van der Waals surface area contributed by atoms with Crippen LogP contribution in [0.2, 0.25) is 0 Å². The van der Waals surface area contributed by atoms with Crippen LogP contribution in [0.25, 0.3) is 0 Å². The molecule has 6 heteroatoms. The molecule has 1 saturated carbocycles. The fourth-order valence-electron chi connectivity index (χ4n) is 2.89.